The largest absolute Gasteiger partial charge is 0.379 e. The van der Waals surface area contributed by atoms with E-state index < -0.39 is 22.0 Å². The van der Waals surface area contributed by atoms with E-state index in [4.69, 9.17) is 4.74 Å². The standard InChI is InChI=1S/C24H27FN4O4S/c1-3-17-4-5-19(16-21(17)34(31,32)29-12-14-33-15-13-29)24(30)27-22(23-26-10-11-28(23)2)18-6-8-20(25)9-7-18/h4-11,16,22H,3,12-15H2,1-2H3,(H,27,30). The molecule has 4 rings (SSSR count). The van der Waals surface area contributed by atoms with Gasteiger partial charge in [-0.05, 0) is 41.8 Å². The van der Waals surface area contributed by atoms with Crippen molar-refractivity contribution in [3.05, 3.63) is 83.2 Å². The Morgan fingerprint density at radius 3 is 2.50 bits per heavy atom. The molecule has 10 heteroatoms. The van der Waals surface area contributed by atoms with Crippen LogP contribution in [0.5, 0.6) is 0 Å². The predicted octanol–water partition coefficient (Wildman–Crippen LogP) is 2.66. The lowest BCUT2D eigenvalue weighted by Crippen LogP contribution is -2.41. The molecular weight excluding hydrogens is 459 g/mol. The Hall–Kier alpha value is -3.08. The van der Waals surface area contributed by atoms with Crippen molar-refractivity contribution < 1.29 is 22.3 Å². The highest BCUT2D eigenvalue weighted by Gasteiger charge is 2.29. The lowest BCUT2D eigenvalue weighted by molar-refractivity contribution is 0.0730. The van der Waals surface area contributed by atoms with Crippen LogP contribution in [0.25, 0.3) is 0 Å². The molecule has 0 bridgehead atoms. The molecule has 180 valence electrons. The quantitative estimate of drug-likeness (QED) is 0.554. The van der Waals surface area contributed by atoms with Crippen LogP contribution in [-0.2, 0) is 28.2 Å². The van der Waals surface area contributed by atoms with Crippen molar-refractivity contribution in [1.82, 2.24) is 19.2 Å². The summed E-state index contributed by atoms with van der Waals surface area (Å²) in [6.45, 7) is 3.09. The first-order valence-corrected chi connectivity index (χ1v) is 12.5. The minimum atomic E-state index is -3.78. The SMILES string of the molecule is CCc1ccc(C(=O)NC(c2ccc(F)cc2)c2nccn2C)cc1S(=O)(=O)N1CCOCC1. The van der Waals surface area contributed by atoms with Crippen LogP contribution in [0, 0.1) is 5.82 Å². The van der Waals surface area contributed by atoms with E-state index in [0.29, 0.717) is 36.6 Å². The summed E-state index contributed by atoms with van der Waals surface area (Å²) < 4.78 is 48.6. The van der Waals surface area contributed by atoms with Crippen LogP contribution in [0.3, 0.4) is 0 Å². The fourth-order valence-corrected chi connectivity index (χ4v) is 5.70. The van der Waals surface area contributed by atoms with E-state index in [1.165, 1.54) is 22.5 Å². The highest BCUT2D eigenvalue weighted by atomic mass is 32.2. The molecule has 0 spiro atoms. The van der Waals surface area contributed by atoms with Crippen LogP contribution < -0.4 is 5.32 Å². The Labute approximate surface area is 198 Å². The van der Waals surface area contributed by atoms with Crippen molar-refractivity contribution in [1.29, 1.82) is 0 Å². The van der Waals surface area contributed by atoms with Crippen LogP contribution >= 0.6 is 0 Å². The van der Waals surface area contributed by atoms with Crippen molar-refractivity contribution in [2.45, 2.75) is 24.3 Å². The Balaban J connectivity index is 1.68. The summed E-state index contributed by atoms with van der Waals surface area (Å²) in [4.78, 5) is 17.8. The third-order valence-electron chi connectivity index (χ3n) is 5.89. The lowest BCUT2D eigenvalue weighted by Gasteiger charge is -2.27. The van der Waals surface area contributed by atoms with Gasteiger partial charge in [-0.1, -0.05) is 25.1 Å². The van der Waals surface area contributed by atoms with Gasteiger partial charge in [0.1, 0.15) is 17.7 Å². The van der Waals surface area contributed by atoms with E-state index in [2.05, 4.69) is 10.3 Å². The molecule has 1 atom stereocenters. The summed E-state index contributed by atoms with van der Waals surface area (Å²) in [5, 5.41) is 2.93. The van der Waals surface area contributed by atoms with Crippen LogP contribution in [0.15, 0.2) is 59.8 Å². The number of hydrogen-bond donors (Lipinski definition) is 1. The number of nitrogens with zero attached hydrogens (tertiary/aromatic N) is 3. The van der Waals surface area contributed by atoms with Gasteiger partial charge in [0.15, 0.2) is 0 Å². The zero-order valence-electron chi connectivity index (χ0n) is 19.1. The number of imidazole rings is 1. The van der Waals surface area contributed by atoms with E-state index in [9.17, 15) is 17.6 Å². The van der Waals surface area contributed by atoms with Crippen molar-refractivity contribution in [2.75, 3.05) is 26.3 Å². The first-order chi connectivity index (χ1) is 16.3. The average Bonchev–Trinajstić information content (AvgIpc) is 3.28. The molecular formula is C24H27FN4O4S. The Morgan fingerprint density at radius 1 is 1.18 bits per heavy atom. The Morgan fingerprint density at radius 2 is 1.88 bits per heavy atom. The van der Waals surface area contributed by atoms with E-state index in [1.807, 2.05) is 6.92 Å². The zero-order chi connectivity index (χ0) is 24.3. The van der Waals surface area contributed by atoms with Crippen molar-refractivity contribution in [3.63, 3.8) is 0 Å². The second kappa shape index (κ2) is 10.0. The number of halogens is 1. The molecule has 8 nitrogen and oxygen atoms in total. The maximum absolute atomic E-state index is 13.5. The molecule has 1 fully saturated rings. The number of benzene rings is 2. The first-order valence-electron chi connectivity index (χ1n) is 11.1. The van der Waals surface area contributed by atoms with E-state index in [-0.39, 0.29) is 29.4 Å². The monoisotopic (exact) mass is 486 g/mol. The maximum atomic E-state index is 13.5. The summed E-state index contributed by atoms with van der Waals surface area (Å²) >= 11 is 0. The number of carbonyl (C=O) groups excluding carboxylic acids is 1. The van der Waals surface area contributed by atoms with Crippen LogP contribution in [0.2, 0.25) is 0 Å². The molecule has 2 aromatic carbocycles. The maximum Gasteiger partial charge on any atom is 0.252 e. The number of rotatable bonds is 7. The Bertz CT molecular complexity index is 1270. The summed E-state index contributed by atoms with van der Waals surface area (Å²) in [6.07, 6.45) is 3.87. The molecule has 0 saturated carbocycles. The fraction of sp³-hybridized carbons (Fsp3) is 0.333. The molecule has 0 radical (unpaired) electrons. The van der Waals surface area contributed by atoms with Crippen LogP contribution in [0.1, 0.15) is 40.3 Å². The molecule has 1 aliphatic rings. The second-order valence-corrected chi connectivity index (χ2v) is 9.95. The van der Waals surface area contributed by atoms with Gasteiger partial charge in [0.25, 0.3) is 5.91 Å². The first kappa shape index (κ1) is 24.1. The smallest absolute Gasteiger partial charge is 0.252 e. The van der Waals surface area contributed by atoms with Gasteiger partial charge in [0, 0.05) is 38.1 Å². The van der Waals surface area contributed by atoms with Gasteiger partial charge >= 0.3 is 0 Å². The number of morpholine rings is 1. The molecule has 3 aromatic rings. The fourth-order valence-electron chi connectivity index (χ4n) is 3.98. The van der Waals surface area contributed by atoms with E-state index in [0.717, 1.165) is 0 Å². The summed E-state index contributed by atoms with van der Waals surface area (Å²) in [5.74, 6) is -0.286. The second-order valence-electron chi connectivity index (χ2n) is 8.05. The molecule has 34 heavy (non-hydrogen) atoms. The molecule has 1 N–H and O–H groups in total. The molecule has 1 aromatic heterocycles. The van der Waals surface area contributed by atoms with Gasteiger partial charge in [0.05, 0.1) is 18.1 Å². The van der Waals surface area contributed by atoms with E-state index in [1.54, 1.807) is 48.3 Å². The number of ether oxygens (including phenoxy) is 1. The van der Waals surface area contributed by atoms with Gasteiger partial charge in [-0.2, -0.15) is 4.31 Å². The summed E-state index contributed by atoms with van der Waals surface area (Å²) in [6, 6.07) is 9.88. The number of aryl methyl sites for hydroxylation is 2. The van der Waals surface area contributed by atoms with E-state index >= 15 is 0 Å². The van der Waals surface area contributed by atoms with Gasteiger partial charge in [-0.3, -0.25) is 4.79 Å². The normalized spacial score (nSPS) is 15.7. The number of hydrogen-bond acceptors (Lipinski definition) is 5. The number of amides is 1. The van der Waals surface area contributed by atoms with Gasteiger partial charge in [0.2, 0.25) is 10.0 Å². The summed E-state index contributed by atoms with van der Waals surface area (Å²) in [5.41, 5.74) is 1.50. The lowest BCUT2D eigenvalue weighted by atomic mass is 10.0. The number of carbonyl (C=O) groups is 1. The molecule has 1 unspecified atom stereocenters. The highest BCUT2D eigenvalue weighted by molar-refractivity contribution is 7.89. The molecule has 1 amide bonds. The van der Waals surface area contributed by atoms with Crippen molar-refractivity contribution in [2.24, 2.45) is 7.05 Å². The van der Waals surface area contributed by atoms with Crippen molar-refractivity contribution >= 4 is 15.9 Å². The molecule has 2 heterocycles. The van der Waals surface area contributed by atoms with Crippen LogP contribution in [-0.4, -0.2) is 54.5 Å². The third-order valence-corrected chi connectivity index (χ3v) is 7.87. The average molecular weight is 487 g/mol. The topological polar surface area (TPSA) is 93.5 Å². The number of aromatic nitrogens is 2. The predicted molar refractivity (Wildman–Crippen MR) is 124 cm³/mol. The van der Waals surface area contributed by atoms with Gasteiger partial charge in [-0.25, -0.2) is 17.8 Å². The molecule has 0 aliphatic carbocycles. The van der Waals surface area contributed by atoms with Gasteiger partial charge < -0.3 is 14.6 Å². The third kappa shape index (κ3) is 4.89. The summed E-state index contributed by atoms with van der Waals surface area (Å²) in [7, 11) is -1.98. The number of nitrogens with one attached hydrogen (secondary N) is 1. The zero-order valence-corrected chi connectivity index (χ0v) is 19.9. The van der Waals surface area contributed by atoms with Gasteiger partial charge in [-0.15, -0.1) is 0 Å². The van der Waals surface area contributed by atoms with Crippen molar-refractivity contribution in [3.8, 4) is 0 Å². The molecule has 1 aliphatic heterocycles. The minimum Gasteiger partial charge on any atom is -0.379 e. The Kier molecular flexibility index (Phi) is 7.11. The number of sulfonamides is 1. The molecule has 1 saturated heterocycles. The minimum absolute atomic E-state index is 0.125. The highest BCUT2D eigenvalue weighted by Crippen LogP contribution is 2.25. The van der Waals surface area contributed by atoms with Crippen LogP contribution in [0.4, 0.5) is 4.39 Å².